The Morgan fingerprint density at radius 2 is 1.57 bits per heavy atom. The van der Waals surface area contributed by atoms with Crippen LogP contribution in [-0.4, -0.2) is 54.5 Å². The summed E-state index contributed by atoms with van der Waals surface area (Å²) in [6.07, 6.45) is -10.2. The van der Waals surface area contributed by atoms with Crippen LogP contribution >= 0.6 is 0 Å². The third-order valence-electron chi connectivity index (χ3n) is 5.09. The van der Waals surface area contributed by atoms with Crippen LogP contribution in [0.2, 0.25) is 0 Å². The number of halogens is 6. The van der Waals surface area contributed by atoms with Gasteiger partial charge in [0, 0.05) is 25.3 Å². The molecular weight excluding hydrogens is 482 g/mol. The molecule has 2 amide bonds. The van der Waals surface area contributed by atoms with E-state index in [1.54, 1.807) is 19.1 Å². The van der Waals surface area contributed by atoms with E-state index in [1.165, 1.54) is 25.9 Å². The van der Waals surface area contributed by atoms with Gasteiger partial charge in [0.25, 0.3) is 5.91 Å². The number of nitrogens with zero attached hydrogens (tertiary/aromatic N) is 2. The molecule has 0 saturated carbocycles. The Balaban J connectivity index is 2.36. The first-order valence-corrected chi connectivity index (χ1v) is 10.6. The molecule has 6 nitrogen and oxygen atoms in total. The van der Waals surface area contributed by atoms with Gasteiger partial charge in [-0.2, -0.15) is 26.3 Å². The van der Waals surface area contributed by atoms with Gasteiger partial charge in [-0.25, -0.2) is 0 Å². The van der Waals surface area contributed by atoms with Crippen LogP contribution in [0.3, 0.4) is 0 Å². The number of hydrogen-bond acceptors (Lipinski definition) is 4. The number of furan rings is 1. The van der Waals surface area contributed by atoms with Gasteiger partial charge in [-0.05, 0) is 51.1 Å². The molecule has 0 N–H and O–H groups in total. The second-order valence-corrected chi connectivity index (χ2v) is 8.14. The molecule has 0 aliphatic carbocycles. The maximum absolute atomic E-state index is 13.2. The van der Waals surface area contributed by atoms with Crippen LogP contribution in [0, 0.1) is 6.92 Å². The van der Waals surface area contributed by atoms with Crippen LogP contribution in [0.5, 0.6) is 0 Å². The Hall–Kier alpha value is -3.02. The van der Waals surface area contributed by atoms with Gasteiger partial charge in [0.2, 0.25) is 5.91 Å². The summed E-state index contributed by atoms with van der Waals surface area (Å²) >= 11 is 0. The number of amides is 2. The first-order valence-electron chi connectivity index (χ1n) is 10.6. The van der Waals surface area contributed by atoms with Crippen molar-refractivity contribution in [1.82, 2.24) is 9.80 Å². The van der Waals surface area contributed by atoms with Crippen molar-refractivity contribution in [2.75, 3.05) is 26.8 Å². The van der Waals surface area contributed by atoms with E-state index in [0.29, 0.717) is 23.7 Å². The maximum atomic E-state index is 13.2. The highest BCUT2D eigenvalue weighted by Gasteiger charge is 2.38. The quantitative estimate of drug-likeness (QED) is 0.440. The Morgan fingerprint density at radius 1 is 1.00 bits per heavy atom. The van der Waals surface area contributed by atoms with Crippen LogP contribution in [0.4, 0.5) is 26.3 Å². The predicted octanol–water partition coefficient (Wildman–Crippen LogP) is 5.15. The number of hydrogen-bond donors (Lipinski definition) is 0. The molecular formula is C23H26F6N2O4. The molecule has 1 aromatic carbocycles. The van der Waals surface area contributed by atoms with Gasteiger partial charge >= 0.3 is 12.4 Å². The van der Waals surface area contributed by atoms with Crippen LogP contribution in [0.1, 0.15) is 46.9 Å². The number of carbonyl (C=O) groups excluding carboxylic acids is 2. The van der Waals surface area contributed by atoms with Gasteiger partial charge < -0.3 is 19.0 Å². The summed E-state index contributed by atoms with van der Waals surface area (Å²) in [5, 5.41) is 0. The molecule has 1 aromatic heterocycles. The first-order chi connectivity index (χ1) is 16.1. The molecule has 0 radical (unpaired) electrons. The molecule has 1 heterocycles. The molecule has 0 atom stereocenters. The number of rotatable bonds is 9. The van der Waals surface area contributed by atoms with E-state index in [1.807, 2.05) is 0 Å². The van der Waals surface area contributed by atoms with Gasteiger partial charge in [0.15, 0.2) is 0 Å². The fourth-order valence-electron chi connectivity index (χ4n) is 3.23. The normalized spacial score (nSPS) is 12.2. The molecule has 2 rings (SSSR count). The second kappa shape index (κ2) is 11.1. The Morgan fingerprint density at radius 3 is 2.00 bits per heavy atom. The third kappa shape index (κ3) is 7.74. The predicted molar refractivity (Wildman–Crippen MR) is 113 cm³/mol. The van der Waals surface area contributed by atoms with E-state index in [0.717, 1.165) is 4.90 Å². The molecule has 0 aliphatic heterocycles. The molecule has 2 aromatic rings. The minimum Gasteiger partial charge on any atom is -0.464 e. The molecule has 0 spiro atoms. The van der Waals surface area contributed by atoms with Gasteiger partial charge in [-0.1, -0.05) is 0 Å². The number of methoxy groups -OCH3 is 1. The molecule has 0 unspecified atom stereocenters. The number of benzene rings is 1. The Kier molecular flexibility index (Phi) is 8.99. The van der Waals surface area contributed by atoms with Crippen molar-refractivity contribution in [3.05, 3.63) is 58.5 Å². The maximum Gasteiger partial charge on any atom is 0.416 e. The highest BCUT2D eigenvalue weighted by Crippen LogP contribution is 2.36. The van der Waals surface area contributed by atoms with Gasteiger partial charge in [0.1, 0.15) is 18.1 Å². The zero-order valence-corrected chi connectivity index (χ0v) is 19.6. The minimum atomic E-state index is -5.10. The first kappa shape index (κ1) is 28.2. The van der Waals surface area contributed by atoms with E-state index in [9.17, 15) is 35.9 Å². The average molecular weight is 508 g/mol. The van der Waals surface area contributed by atoms with E-state index >= 15 is 0 Å². The monoisotopic (exact) mass is 508 g/mol. The highest BCUT2D eigenvalue weighted by molar-refractivity contribution is 5.97. The molecule has 194 valence electrons. The van der Waals surface area contributed by atoms with Crippen LogP contribution in [0.25, 0.3) is 0 Å². The number of ether oxygens (including phenoxy) is 1. The third-order valence-corrected chi connectivity index (χ3v) is 5.09. The number of aryl methyl sites for hydroxylation is 1. The number of alkyl halides is 6. The van der Waals surface area contributed by atoms with Crippen molar-refractivity contribution in [3.8, 4) is 0 Å². The summed E-state index contributed by atoms with van der Waals surface area (Å²) in [5.41, 5.74) is -4.04. The average Bonchev–Trinajstić information content (AvgIpc) is 3.17. The lowest BCUT2D eigenvalue weighted by Crippen LogP contribution is -2.46. The standard InChI is InChI=1S/C23H26F6N2O4/c1-14(2)31(13-20(32)30(7-8-34-4)12-19-6-5-15(3)35-19)21(33)16-9-17(22(24,25)26)11-18(10-16)23(27,28)29/h5-6,9-11,14H,7-8,12-13H2,1-4H3. The van der Waals surface area contributed by atoms with Crippen molar-refractivity contribution in [2.24, 2.45) is 0 Å². The van der Waals surface area contributed by atoms with Gasteiger partial charge in [-0.15, -0.1) is 0 Å². The van der Waals surface area contributed by atoms with E-state index in [-0.39, 0.29) is 25.8 Å². The number of carbonyl (C=O) groups is 2. The molecule has 35 heavy (non-hydrogen) atoms. The fourth-order valence-corrected chi connectivity index (χ4v) is 3.23. The van der Waals surface area contributed by atoms with E-state index < -0.39 is 53.4 Å². The lowest BCUT2D eigenvalue weighted by Gasteiger charge is -2.30. The van der Waals surface area contributed by atoms with Crippen molar-refractivity contribution in [1.29, 1.82) is 0 Å². The zero-order chi connectivity index (χ0) is 26.6. The lowest BCUT2D eigenvalue weighted by atomic mass is 10.0. The van der Waals surface area contributed by atoms with Crippen molar-refractivity contribution in [2.45, 2.75) is 45.7 Å². The topological polar surface area (TPSA) is 63.0 Å². The van der Waals surface area contributed by atoms with Crippen LogP contribution in [0.15, 0.2) is 34.7 Å². The molecule has 12 heteroatoms. The smallest absolute Gasteiger partial charge is 0.416 e. The van der Waals surface area contributed by atoms with Gasteiger partial charge in [0.05, 0.1) is 24.3 Å². The zero-order valence-electron chi connectivity index (χ0n) is 19.6. The lowest BCUT2D eigenvalue weighted by molar-refractivity contribution is -0.143. The largest absolute Gasteiger partial charge is 0.464 e. The van der Waals surface area contributed by atoms with Crippen molar-refractivity contribution in [3.63, 3.8) is 0 Å². The summed E-state index contributed by atoms with van der Waals surface area (Å²) < 4.78 is 89.9. The van der Waals surface area contributed by atoms with Crippen molar-refractivity contribution < 1.29 is 45.1 Å². The summed E-state index contributed by atoms with van der Waals surface area (Å²) in [6, 6.07) is 3.31. The fraction of sp³-hybridized carbons (Fsp3) is 0.478. The van der Waals surface area contributed by atoms with Crippen molar-refractivity contribution >= 4 is 11.8 Å². The van der Waals surface area contributed by atoms with Gasteiger partial charge in [-0.3, -0.25) is 9.59 Å². The SMILES string of the molecule is COCCN(Cc1ccc(C)o1)C(=O)CN(C(=O)c1cc(C(F)(F)F)cc(C(F)(F)F)c1)C(C)C. The van der Waals surface area contributed by atoms with E-state index in [2.05, 4.69) is 0 Å². The Bertz CT molecular complexity index is 997. The summed E-state index contributed by atoms with van der Waals surface area (Å²) in [6.45, 7) is 4.46. The summed E-state index contributed by atoms with van der Waals surface area (Å²) in [5.74, 6) is -0.642. The molecule has 0 aliphatic rings. The Labute approximate surface area is 198 Å². The summed E-state index contributed by atoms with van der Waals surface area (Å²) in [7, 11) is 1.43. The minimum absolute atomic E-state index is 0.0396. The molecule has 0 saturated heterocycles. The van der Waals surface area contributed by atoms with Crippen LogP contribution < -0.4 is 0 Å². The second-order valence-electron chi connectivity index (χ2n) is 8.14. The molecule has 0 bridgehead atoms. The highest BCUT2D eigenvalue weighted by atomic mass is 19.4. The van der Waals surface area contributed by atoms with E-state index in [4.69, 9.17) is 9.15 Å². The van der Waals surface area contributed by atoms with Crippen LogP contribution in [-0.2, 0) is 28.4 Å². The summed E-state index contributed by atoms with van der Waals surface area (Å²) in [4.78, 5) is 28.3. The molecule has 0 fully saturated rings.